The lowest BCUT2D eigenvalue weighted by molar-refractivity contribution is -0.143. The van der Waals surface area contributed by atoms with Crippen LogP contribution in [0.4, 0.5) is 0 Å². The topological polar surface area (TPSA) is 47.4 Å². The lowest BCUT2D eigenvalue weighted by Crippen LogP contribution is -2.53. The molecule has 5 nitrogen and oxygen atoms in total. The van der Waals surface area contributed by atoms with E-state index in [9.17, 15) is 4.79 Å². The molecule has 3 fully saturated rings. The van der Waals surface area contributed by atoms with Crippen molar-refractivity contribution in [2.24, 2.45) is 11.8 Å². The van der Waals surface area contributed by atoms with Gasteiger partial charge in [-0.05, 0) is 62.8 Å². The van der Waals surface area contributed by atoms with Crippen molar-refractivity contribution in [2.45, 2.75) is 51.1 Å². The molecule has 0 spiro atoms. The molecule has 0 N–H and O–H groups in total. The number of rotatable bonds is 6. The SMILES string of the molecule is COc1ccc(CN(C)C(=O)C2C3CCC2(c2ccnn2C(C)C)C3)cc1. The highest BCUT2D eigenvalue weighted by molar-refractivity contribution is 5.82. The van der Waals surface area contributed by atoms with E-state index in [0.717, 1.165) is 30.6 Å². The summed E-state index contributed by atoms with van der Waals surface area (Å²) in [6.07, 6.45) is 5.26. The van der Waals surface area contributed by atoms with Gasteiger partial charge in [0, 0.05) is 36.9 Å². The van der Waals surface area contributed by atoms with Gasteiger partial charge in [-0.2, -0.15) is 5.10 Å². The third-order valence-corrected chi connectivity index (χ3v) is 6.55. The van der Waals surface area contributed by atoms with Crippen molar-refractivity contribution in [3.63, 3.8) is 0 Å². The minimum atomic E-state index is -0.0172. The maximum absolute atomic E-state index is 13.4. The van der Waals surface area contributed by atoms with Crippen LogP contribution in [0.5, 0.6) is 5.75 Å². The zero-order valence-corrected chi connectivity index (χ0v) is 16.7. The minimum absolute atomic E-state index is 0.0172. The molecule has 1 heterocycles. The van der Waals surface area contributed by atoms with Crippen molar-refractivity contribution in [3.8, 4) is 5.75 Å². The fraction of sp³-hybridized carbons (Fsp3) is 0.545. The highest BCUT2D eigenvalue weighted by Crippen LogP contribution is 2.64. The predicted octanol–water partition coefficient (Wildman–Crippen LogP) is 3.80. The summed E-state index contributed by atoms with van der Waals surface area (Å²) in [4.78, 5) is 15.3. The standard InChI is InChI=1S/C22H29N3O2/c1-15(2)25-19(10-12-23-25)22-11-9-17(13-22)20(22)21(26)24(3)14-16-5-7-18(27-4)8-6-16/h5-8,10,12,15,17,20H,9,11,13-14H2,1-4H3. The number of hydrogen-bond donors (Lipinski definition) is 0. The number of ether oxygens (including phenoxy) is 1. The number of benzene rings is 1. The molecule has 144 valence electrons. The number of carbonyl (C=O) groups is 1. The number of hydrogen-bond acceptors (Lipinski definition) is 3. The molecule has 1 aromatic heterocycles. The third-order valence-electron chi connectivity index (χ3n) is 6.55. The van der Waals surface area contributed by atoms with Crippen molar-refractivity contribution in [3.05, 3.63) is 47.8 Å². The Hall–Kier alpha value is -2.30. The number of fused-ring (bicyclic) bond motifs is 1. The van der Waals surface area contributed by atoms with Gasteiger partial charge in [0.05, 0.1) is 13.0 Å². The molecular weight excluding hydrogens is 338 g/mol. The zero-order valence-electron chi connectivity index (χ0n) is 16.7. The van der Waals surface area contributed by atoms with Crippen LogP contribution in [-0.4, -0.2) is 34.7 Å². The Kier molecular flexibility index (Phi) is 4.49. The fourth-order valence-corrected chi connectivity index (χ4v) is 5.24. The van der Waals surface area contributed by atoms with Crippen LogP contribution in [-0.2, 0) is 16.8 Å². The molecule has 27 heavy (non-hydrogen) atoms. The van der Waals surface area contributed by atoms with Crippen molar-refractivity contribution in [1.82, 2.24) is 14.7 Å². The Bertz CT molecular complexity index is 822. The number of methoxy groups -OCH3 is 1. The second-order valence-electron chi connectivity index (χ2n) is 8.43. The van der Waals surface area contributed by atoms with E-state index in [4.69, 9.17) is 4.74 Å². The van der Waals surface area contributed by atoms with Gasteiger partial charge >= 0.3 is 0 Å². The van der Waals surface area contributed by atoms with Crippen molar-refractivity contribution in [1.29, 1.82) is 0 Å². The predicted molar refractivity (Wildman–Crippen MR) is 105 cm³/mol. The molecule has 5 rings (SSSR count). The molecule has 5 heteroatoms. The summed E-state index contributed by atoms with van der Waals surface area (Å²) in [6.45, 7) is 4.95. The summed E-state index contributed by atoms with van der Waals surface area (Å²) in [5.41, 5.74) is 2.36. The van der Waals surface area contributed by atoms with Crippen LogP contribution >= 0.6 is 0 Å². The summed E-state index contributed by atoms with van der Waals surface area (Å²) in [5, 5.41) is 4.53. The molecule has 1 aromatic carbocycles. The second-order valence-corrected chi connectivity index (χ2v) is 8.43. The molecule has 0 radical (unpaired) electrons. The number of amides is 1. The Morgan fingerprint density at radius 3 is 2.70 bits per heavy atom. The van der Waals surface area contributed by atoms with E-state index in [1.165, 1.54) is 5.69 Å². The smallest absolute Gasteiger partial charge is 0.226 e. The quantitative estimate of drug-likeness (QED) is 0.780. The molecule has 3 aliphatic rings. The summed E-state index contributed by atoms with van der Waals surface area (Å²) in [5.74, 6) is 1.73. The third kappa shape index (κ3) is 2.84. The molecule has 3 aliphatic carbocycles. The first kappa shape index (κ1) is 18.1. The van der Waals surface area contributed by atoms with E-state index in [-0.39, 0.29) is 17.2 Å². The van der Waals surface area contributed by atoms with E-state index >= 15 is 0 Å². The van der Waals surface area contributed by atoms with Gasteiger partial charge in [-0.25, -0.2) is 0 Å². The fourth-order valence-electron chi connectivity index (χ4n) is 5.24. The van der Waals surface area contributed by atoms with Gasteiger partial charge < -0.3 is 9.64 Å². The first-order valence-electron chi connectivity index (χ1n) is 9.88. The van der Waals surface area contributed by atoms with Gasteiger partial charge in [-0.15, -0.1) is 0 Å². The highest BCUT2D eigenvalue weighted by Gasteiger charge is 2.64. The Morgan fingerprint density at radius 2 is 2.07 bits per heavy atom. The molecule has 3 unspecified atom stereocenters. The Morgan fingerprint density at radius 1 is 1.33 bits per heavy atom. The second kappa shape index (κ2) is 6.70. The Labute approximate surface area is 161 Å². The van der Waals surface area contributed by atoms with Crippen molar-refractivity contribution < 1.29 is 9.53 Å². The van der Waals surface area contributed by atoms with E-state index < -0.39 is 0 Å². The van der Waals surface area contributed by atoms with Crippen molar-refractivity contribution in [2.75, 3.05) is 14.2 Å². The first-order chi connectivity index (χ1) is 13.0. The van der Waals surface area contributed by atoms with E-state index in [1.54, 1.807) is 7.11 Å². The van der Waals surface area contributed by atoms with Crippen molar-refractivity contribution >= 4 is 5.91 Å². The van der Waals surface area contributed by atoms with Gasteiger partial charge in [0.15, 0.2) is 0 Å². The summed E-state index contributed by atoms with van der Waals surface area (Å²) in [6, 6.07) is 10.4. The largest absolute Gasteiger partial charge is 0.497 e. The molecule has 0 aliphatic heterocycles. The van der Waals surface area contributed by atoms with Gasteiger partial charge in [-0.3, -0.25) is 9.48 Å². The molecule has 2 bridgehead atoms. The average Bonchev–Trinajstić information content (AvgIpc) is 3.36. The molecule has 3 atom stereocenters. The monoisotopic (exact) mass is 367 g/mol. The van der Waals surface area contributed by atoms with Crippen LogP contribution < -0.4 is 4.74 Å². The van der Waals surface area contributed by atoms with E-state index in [0.29, 0.717) is 18.5 Å². The van der Waals surface area contributed by atoms with Gasteiger partial charge in [-0.1, -0.05) is 12.1 Å². The summed E-state index contributed by atoms with van der Waals surface area (Å²) in [7, 11) is 3.59. The number of aromatic nitrogens is 2. The lowest BCUT2D eigenvalue weighted by Gasteiger charge is -2.48. The van der Waals surface area contributed by atoms with Crippen LogP contribution in [0.25, 0.3) is 0 Å². The maximum Gasteiger partial charge on any atom is 0.226 e. The average molecular weight is 367 g/mol. The van der Waals surface area contributed by atoms with Crippen LogP contribution in [0.3, 0.4) is 0 Å². The molecule has 1 amide bonds. The molecular formula is C22H29N3O2. The number of carbonyl (C=O) groups excluding carboxylic acids is 1. The lowest BCUT2D eigenvalue weighted by atomic mass is 9.58. The number of nitrogens with zero attached hydrogens (tertiary/aromatic N) is 3. The minimum Gasteiger partial charge on any atom is -0.497 e. The zero-order chi connectivity index (χ0) is 19.2. The Balaban J connectivity index is 1.53. The highest BCUT2D eigenvalue weighted by atomic mass is 16.5. The molecule has 2 aromatic rings. The molecule has 3 saturated carbocycles. The summed E-state index contributed by atoms with van der Waals surface area (Å²) < 4.78 is 7.34. The van der Waals surface area contributed by atoms with Crippen LogP contribution in [0, 0.1) is 11.8 Å². The molecule has 0 saturated heterocycles. The van der Waals surface area contributed by atoms with E-state index in [1.807, 2.05) is 42.4 Å². The van der Waals surface area contributed by atoms with E-state index in [2.05, 4.69) is 29.7 Å². The maximum atomic E-state index is 13.4. The van der Waals surface area contributed by atoms with Crippen LogP contribution in [0.2, 0.25) is 0 Å². The van der Waals surface area contributed by atoms with Gasteiger partial charge in [0.2, 0.25) is 5.91 Å². The first-order valence-corrected chi connectivity index (χ1v) is 9.88. The van der Waals surface area contributed by atoms with Crippen LogP contribution in [0.1, 0.15) is 50.4 Å². The van der Waals surface area contributed by atoms with Gasteiger partial charge in [0.25, 0.3) is 0 Å². The van der Waals surface area contributed by atoms with Gasteiger partial charge in [0.1, 0.15) is 5.75 Å². The normalized spacial score (nSPS) is 26.1. The van der Waals surface area contributed by atoms with Crippen LogP contribution in [0.15, 0.2) is 36.5 Å². The summed E-state index contributed by atoms with van der Waals surface area (Å²) >= 11 is 0.